The molecule has 45 valence electrons. The zero-order valence-electron chi connectivity index (χ0n) is 5.06. The van der Waals surface area contributed by atoms with E-state index in [0.29, 0.717) is 0 Å². The van der Waals surface area contributed by atoms with E-state index in [2.05, 4.69) is 11.1 Å². The molecule has 0 saturated heterocycles. The first-order chi connectivity index (χ1) is 3.79. The molecule has 1 aromatic heterocycles. The van der Waals surface area contributed by atoms with E-state index in [1.165, 1.54) is 12.3 Å². The second-order valence-electron chi connectivity index (χ2n) is 1.55. The van der Waals surface area contributed by atoms with Crippen LogP contribution >= 0.6 is 0 Å². The normalized spacial score (nSPS) is 8.22. The van der Waals surface area contributed by atoms with Crippen molar-refractivity contribution in [1.29, 1.82) is 0 Å². The Hall–Kier alpha value is 0.184. The first-order valence-corrected chi connectivity index (χ1v) is 2.29. The SMILES string of the molecule is Cc1[c-]cnc(F)c1.[Y]. The first kappa shape index (κ1) is 9.18. The molecule has 0 aromatic carbocycles. The van der Waals surface area contributed by atoms with Gasteiger partial charge >= 0.3 is 0 Å². The smallest absolute Gasteiger partial charge is 0.130 e. The van der Waals surface area contributed by atoms with Crippen LogP contribution in [0.3, 0.4) is 0 Å². The summed E-state index contributed by atoms with van der Waals surface area (Å²) in [5.74, 6) is -0.443. The molecule has 0 unspecified atom stereocenters. The molecular formula is C6H5FNY-. The van der Waals surface area contributed by atoms with Gasteiger partial charge in [-0.05, 0) is 0 Å². The summed E-state index contributed by atoms with van der Waals surface area (Å²) in [6, 6.07) is 4.05. The molecule has 0 fully saturated rings. The summed E-state index contributed by atoms with van der Waals surface area (Å²) in [6.07, 6.45) is 1.32. The first-order valence-electron chi connectivity index (χ1n) is 2.29. The fraction of sp³-hybridized carbons (Fsp3) is 0.167. The van der Waals surface area contributed by atoms with Gasteiger partial charge in [-0.3, -0.25) is 4.98 Å². The molecule has 0 bridgehead atoms. The number of pyridine rings is 1. The maximum absolute atomic E-state index is 12.0. The van der Waals surface area contributed by atoms with Crippen LogP contribution in [0.15, 0.2) is 12.3 Å². The van der Waals surface area contributed by atoms with Crippen LogP contribution < -0.4 is 0 Å². The molecule has 3 heteroatoms. The van der Waals surface area contributed by atoms with Gasteiger partial charge in [0.2, 0.25) is 0 Å². The second-order valence-corrected chi connectivity index (χ2v) is 1.55. The Morgan fingerprint density at radius 1 is 1.67 bits per heavy atom. The number of halogens is 1. The second kappa shape index (κ2) is 4.07. The Bertz CT molecular complexity index is 173. The zero-order chi connectivity index (χ0) is 5.98. The van der Waals surface area contributed by atoms with Gasteiger partial charge in [-0.25, -0.2) is 16.0 Å². The van der Waals surface area contributed by atoms with Crippen LogP contribution in [0.4, 0.5) is 4.39 Å². The fourth-order valence-corrected chi connectivity index (χ4v) is 0.453. The minimum Gasteiger partial charge on any atom is -0.266 e. The molecule has 0 atom stereocenters. The van der Waals surface area contributed by atoms with Gasteiger partial charge < -0.3 is 0 Å². The van der Waals surface area contributed by atoms with Crippen molar-refractivity contribution in [3.05, 3.63) is 29.8 Å². The van der Waals surface area contributed by atoms with Gasteiger partial charge in [-0.2, -0.15) is 6.07 Å². The van der Waals surface area contributed by atoms with Gasteiger partial charge in [0.15, 0.2) is 0 Å². The summed E-state index contributed by atoms with van der Waals surface area (Å²) in [6.45, 7) is 1.77. The third-order valence-corrected chi connectivity index (χ3v) is 0.816. The van der Waals surface area contributed by atoms with Crippen LogP contribution in [-0.4, -0.2) is 4.98 Å². The van der Waals surface area contributed by atoms with Crippen molar-refractivity contribution in [1.82, 2.24) is 4.98 Å². The summed E-state index contributed by atoms with van der Waals surface area (Å²) < 4.78 is 12.0. The molecule has 1 heterocycles. The predicted octanol–water partition coefficient (Wildman–Crippen LogP) is 1.33. The van der Waals surface area contributed by atoms with E-state index in [1.54, 1.807) is 6.92 Å². The van der Waals surface area contributed by atoms with Crippen molar-refractivity contribution < 1.29 is 37.1 Å². The van der Waals surface area contributed by atoms with Gasteiger partial charge in [0, 0.05) is 32.7 Å². The fourth-order valence-electron chi connectivity index (χ4n) is 0.453. The molecule has 0 aliphatic carbocycles. The number of nitrogens with zero attached hydrogens (tertiary/aromatic N) is 1. The minimum absolute atomic E-state index is 0. The quantitative estimate of drug-likeness (QED) is 0.453. The van der Waals surface area contributed by atoms with E-state index in [9.17, 15) is 4.39 Å². The van der Waals surface area contributed by atoms with Crippen LogP contribution in [-0.2, 0) is 32.7 Å². The van der Waals surface area contributed by atoms with Crippen molar-refractivity contribution in [3.63, 3.8) is 0 Å². The monoisotopic (exact) mass is 199 g/mol. The summed E-state index contributed by atoms with van der Waals surface area (Å²) >= 11 is 0. The van der Waals surface area contributed by atoms with E-state index >= 15 is 0 Å². The van der Waals surface area contributed by atoms with Crippen molar-refractivity contribution in [2.75, 3.05) is 0 Å². The number of aromatic nitrogens is 1. The topological polar surface area (TPSA) is 12.9 Å². The van der Waals surface area contributed by atoms with E-state index in [1.807, 2.05) is 0 Å². The third kappa shape index (κ3) is 3.02. The molecule has 0 aliphatic rings. The van der Waals surface area contributed by atoms with Crippen molar-refractivity contribution in [2.24, 2.45) is 0 Å². The minimum atomic E-state index is -0.443. The maximum atomic E-state index is 12.0. The molecule has 0 saturated carbocycles. The average Bonchev–Trinajstić information content (AvgIpc) is 1.64. The predicted molar refractivity (Wildman–Crippen MR) is 27.8 cm³/mol. The number of hydrogen-bond donors (Lipinski definition) is 0. The Kier molecular flexibility index (Phi) is 4.16. The Morgan fingerprint density at radius 3 is 2.67 bits per heavy atom. The van der Waals surface area contributed by atoms with E-state index in [0.717, 1.165) is 5.56 Å². The van der Waals surface area contributed by atoms with Gasteiger partial charge in [-0.1, -0.05) is 13.1 Å². The third-order valence-electron chi connectivity index (χ3n) is 0.816. The number of hydrogen-bond acceptors (Lipinski definition) is 1. The van der Waals surface area contributed by atoms with Gasteiger partial charge in [0.05, 0.1) is 0 Å². The van der Waals surface area contributed by atoms with Crippen molar-refractivity contribution in [2.45, 2.75) is 6.92 Å². The standard InChI is InChI=1S/C6H5FN.Y/c1-5-2-3-8-6(7)4-5;/h3-4H,1H3;/q-1;. The molecule has 1 aromatic rings. The van der Waals surface area contributed by atoms with Crippen LogP contribution in [0.2, 0.25) is 0 Å². The van der Waals surface area contributed by atoms with Crippen LogP contribution in [0, 0.1) is 18.9 Å². The van der Waals surface area contributed by atoms with Gasteiger partial charge in [-0.15, -0.1) is 0 Å². The van der Waals surface area contributed by atoms with Crippen molar-refractivity contribution in [3.8, 4) is 0 Å². The number of rotatable bonds is 0. The molecule has 0 N–H and O–H groups in total. The average molecular weight is 199 g/mol. The molecule has 1 radical (unpaired) electrons. The molecule has 0 spiro atoms. The van der Waals surface area contributed by atoms with Gasteiger partial charge in [0.25, 0.3) is 0 Å². The Labute approximate surface area is 78.6 Å². The Balaban J connectivity index is 0.000000640. The Morgan fingerprint density at radius 2 is 2.33 bits per heavy atom. The van der Waals surface area contributed by atoms with Crippen LogP contribution in [0.5, 0.6) is 0 Å². The van der Waals surface area contributed by atoms with E-state index in [-0.39, 0.29) is 32.7 Å². The van der Waals surface area contributed by atoms with Gasteiger partial charge in [0.1, 0.15) is 5.95 Å². The maximum Gasteiger partial charge on any atom is 0.130 e. The zero-order valence-corrected chi connectivity index (χ0v) is 7.90. The molecule has 9 heavy (non-hydrogen) atoms. The molecule has 0 aliphatic heterocycles. The summed E-state index contributed by atoms with van der Waals surface area (Å²) in [5, 5.41) is 0. The van der Waals surface area contributed by atoms with E-state index in [4.69, 9.17) is 0 Å². The molecule has 0 amide bonds. The molecule has 1 nitrogen and oxygen atoms in total. The molecular weight excluding hydrogens is 194 g/mol. The largest absolute Gasteiger partial charge is 0.266 e. The van der Waals surface area contributed by atoms with Crippen LogP contribution in [0.1, 0.15) is 5.56 Å². The number of aryl methyl sites for hydroxylation is 1. The summed E-state index contributed by atoms with van der Waals surface area (Å²) in [4.78, 5) is 3.32. The van der Waals surface area contributed by atoms with Crippen LogP contribution in [0.25, 0.3) is 0 Å². The summed E-state index contributed by atoms with van der Waals surface area (Å²) in [7, 11) is 0. The van der Waals surface area contributed by atoms with Crippen molar-refractivity contribution >= 4 is 0 Å². The van der Waals surface area contributed by atoms with E-state index < -0.39 is 5.95 Å². The molecule has 1 rings (SSSR count). The summed E-state index contributed by atoms with van der Waals surface area (Å²) in [5.41, 5.74) is 0.775.